The number of aromatic nitrogens is 3. The summed E-state index contributed by atoms with van der Waals surface area (Å²) in [4.78, 5) is 26.8. The molecule has 2 aromatic heterocycles. The molecule has 4 N–H and O–H groups in total. The molecule has 0 saturated carbocycles. The second-order valence-corrected chi connectivity index (χ2v) is 9.80. The number of aliphatic hydroxyl groups excluding tert-OH is 1. The number of pyridine rings is 1. The monoisotopic (exact) mass is 526 g/mol. The first-order valence-electron chi connectivity index (χ1n) is 12.4. The molecule has 1 saturated heterocycles. The van der Waals surface area contributed by atoms with E-state index < -0.39 is 17.7 Å². The average Bonchev–Trinajstić information content (AvgIpc) is 3.53. The number of hydrogen-bond acceptors (Lipinski definition) is 8. The molecule has 0 spiro atoms. The van der Waals surface area contributed by atoms with Crippen LogP contribution in [-0.2, 0) is 27.5 Å². The third-order valence-electron chi connectivity index (χ3n) is 6.27. The average molecular weight is 527 g/mol. The number of aliphatic hydroxyl groups is 1. The third-order valence-corrected chi connectivity index (χ3v) is 6.27. The van der Waals surface area contributed by atoms with Crippen LogP contribution in [0.5, 0.6) is 0 Å². The van der Waals surface area contributed by atoms with Gasteiger partial charge >= 0.3 is 6.09 Å². The van der Waals surface area contributed by atoms with E-state index in [4.69, 9.17) is 15.2 Å². The van der Waals surface area contributed by atoms with Crippen molar-refractivity contribution in [3.8, 4) is 0 Å². The number of carbonyl (C=O) groups is 2. The zero-order valence-corrected chi connectivity index (χ0v) is 21.2. The summed E-state index contributed by atoms with van der Waals surface area (Å²) in [6, 6.07) is 12.5. The van der Waals surface area contributed by atoms with Crippen molar-refractivity contribution in [3.05, 3.63) is 65.6 Å². The van der Waals surface area contributed by atoms with Gasteiger partial charge in [-0.25, -0.2) is 4.79 Å². The van der Waals surface area contributed by atoms with Crippen LogP contribution < -0.4 is 11.1 Å². The molecule has 0 unspecified atom stereocenters. The highest BCUT2D eigenvalue weighted by molar-refractivity contribution is 5.85. The summed E-state index contributed by atoms with van der Waals surface area (Å²) in [5.74, 6) is 0.112. The van der Waals surface area contributed by atoms with Crippen LogP contribution in [0, 0.1) is 0 Å². The molecule has 4 rings (SSSR count). The van der Waals surface area contributed by atoms with Crippen LogP contribution in [0.4, 0.5) is 4.79 Å². The Bertz CT molecular complexity index is 1210. The number of nitrogens with zero attached hydrogens (tertiary/aromatic N) is 4. The number of nitrogens with two attached hydrogens (primary N) is 1. The molecule has 0 aliphatic carbocycles. The Labute approximate surface area is 222 Å². The maximum Gasteiger partial charge on any atom is 0.410 e. The van der Waals surface area contributed by atoms with Gasteiger partial charge in [-0.15, -0.1) is 10.2 Å². The topological polar surface area (TPSA) is 144 Å². The summed E-state index contributed by atoms with van der Waals surface area (Å²) < 4.78 is 13.2. The van der Waals surface area contributed by atoms with E-state index in [1.54, 1.807) is 41.5 Å². The zero-order valence-electron chi connectivity index (χ0n) is 21.2. The van der Waals surface area contributed by atoms with Gasteiger partial charge in [-0.1, -0.05) is 43.8 Å². The Kier molecular flexibility index (Phi) is 9.78. The summed E-state index contributed by atoms with van der Waals surface area (Å²) in [5.41, 5.74) is 7.21. The van der Waals surface area contributed by atoms with E-state index in [0.717, 1.165) is 24.0 Å². The molecule has 38 heavy (non-hydrogen) atoms. The highest BCUT2D eigenvalue weighted by atomic mass is 16.6. The quantitative estimate of drug-likeness (QED) is 0.366. The van der Waals surface area contributed by atoms with Crippen molar-refractivity contribution in [2.45, 2.75) is 65.0 Å². The van der Waals surface area contributed by atoms with Crippen molar-refractivity contribution in [2.24, 2.45) is 5.73 Å². The fourth-order valence-corrected chi connectivity index (χ4v) is 4.16. The predicted octanol–water partition coefficient (Wildman–Crippen LogP) is 2.57. The molecule has 1 fully saturated rings. The zero-order chi connectivity index (χ0) is 26.4. The minimum Gasteiger partial charge on any atom is -0.444 e. The minimum atomic E-state index is -1.10. The first-order chi connectivity index (χ1) is 17.8. The normalized spacial score (nSPS) is 16.2. The van der Waals surface area contributed by atoms with Gasteiger partial charge in [0.25, 0.3) is 0 Å². The highest BCUT2D eigenvalue weighted by Gasteiger charge is 2.30. The van der Waals surface area contributed by atoms with Crippen LogP contribution in [0.1, 0.15) is 57.1 Å². The standard InChI is InChI=1S/C26H34N6O5.CH4/c1-26(2,27)24(34)28-21(17-36-15-18-7-4-3-5-8-18)23-30-29-22-11-10-19(13-32(22)23)16-37-25(35)31-12-6-9-20(31)14-33;/h3-5,7-8,10-11,13,20-21,33H,6,9,12,14-17,27H2,1-2H3,(H,28,34);1H4/t20-,21+;/m0./s1. The Morgan fingerprint density at radius 3 is 2.63 bits per heavy atom. The van der Waals surface area contributed by atoms with Gasteiger partial charge in [-0.3, -0.25) is 9.20 Å². The van der Waals surface area contributed by atoms with E-state index in [0.29, 0.717) is 24.6 Å². The van der Waals surface area contributed by atoms with Crippen LogP contribution in [0.25, 0.3) is 5.65 Å². The van der Waals surface area contributed by atoms with Crippen molar-refractivity contribution < 1.29 is 24.2 Å². The fourth-order valence-electron chi connectivity index (χ4n) is 4.16. The lowest BCUT2D eigenvalue weighted by molar-refractivity contribution is -0.126. The maximum atomic E-state index is 12.7. The maximum absolute atomic E-state index is 12.7. The number of fused-ring (bicyclic) bond motifs is 1. The number of likely N-dealkylation sites (tertiary alicyclic amines) is 1. The van der Waals surface area contributed by atoms with Gasteiger partial charge in [0.05, 0.1) is 31.4 Å². The minimum absolute atomic E-state index is 0. The first-order valence-corrected chi connectivity index (χ1v) is 12.4. The second kappa shape index (κ2) is 12.8. The van der Waals surface area contributed by atoms with E-state index in [1.165, 1.54) is 0 Å². The lowest BCUT2D eigenvalue weighted by Gasteiger charge is -2.23. The van der Waals surface area contributed by atoms with Crippen molar-refractivity contribution in [1.29, 1.82) is 0 Å². The van der Waals surface area contributed by atoms with Crippen LogP contribution in [0.3, 0.4) is 0 Å². The lowest BCUT2D eigenvalue weighted by Crippen LogP contribution is -2.50. The summed E-state index contributed by atoms with van der Waals surface area (Å²) >= 11 is 0. The number of benzene rings is 1. The van der Waals surface area contributed by atoms with E-state index in [1.807, 2.05) is 30.3 Å². The van der Waals surface area contributed by atoms with Crippen LogP contribution in [0.2, 0.25) is 0 Å². The summed E-state index contributed by atoms with van der Waals surface area (Å²) in [6.07, 6.45) is 2.93. The van der Waals surface area contributed by atoms with Crippen molar-refractivity contribution >= 4 is 17.6 Å². The van der Waals surface area contributed by atoms with Gasteiger partial charge in [0.1, 0.15) is 12.6 Å². The molecule has 3 aromatic rings. The fraction of sp³-hybridized carbons (Fsp3) is 0.481. The van der Waals surface area contributed by atoms with Gasteiger partial charge in [-0.05, 0) is 38.3 Å². The van der Waals surface area contributed by atoms with E-state index in [-0.39, 0.29) is 39.2 Å². The molecule has 1 aromatic carbocycles. The van der Waals surface area contributed by atoms with Crippen LogP contribution in [0.15, 0.2) is 48.7 Å². The number of rotatable bonds is 10. The highest BCUT2D eigenvalue weighted by Crippen LogP contribution is 2.20. The third kappa shape index (κ3) is 7.06. The molecule has 0 radical (unpaired) electrons. The SMILES string of the molecule is C.CC(C)(N)C(=O)N[C@H](COCc1ccccc1)c1nnc2ccc(COC(=O)N3CCC[C@H]3CO)cn12. The van der Waals surface area contributed by atoms with Gasteiger partial charge in [0, 0.05) is 18.3 Å². The van der Waals surface area contributed by atoms with Crippen molar-refractivity contribution in [3.63, 3.8) is 0 Å². The van der Waals surface area contributed by atoms with E-state index in [2.05, 4.69) is 15.5 Å². The smallest absolute Gasteiger partial charge is 0.410 e. The Morgan fingerprint density at radius 2 is 1.92 bits per heavy atom. The Balaban J connectivity index is 0.00000400. The summed E-state index contributed by atoms with van der Waals surface area (Å²) in [7, 11) is 0. The Morgan fingerprint density at radius 1 is 1.16 bits per heavy atom. The van der Waals surface area contributed by atoms with Gasteiger partial charge in [0.15, 0.2) is 11.5 Å². The number of nitrogens with one attached hydrogen (secondary N) is 1. The molecular formula is C27H38N6O5. The van der Waals surface area contributed by atoms with Crippen LogP contribution in [-0.4, -0.2) is 67.9 Å². The number of ether oxygens (including phenoxy) is 2. The van der Waals surface area contributed by atoms with Crippen molar-refractivity contribution in [1.82, 2.24) is 24.8 Å². The lowest BCUT2D eigenvalue weighted by atomic mass is 10.1. The van der Waals surface area contributed by atoms with Gasteiger partial charge in [-0.2, -0.15) is 0 Å². The first kappa shape index (κ1) is 29.0. The molecule has 206 valence electrons. The molecule has 11 heteroatoms. The number of hydrogen-bond donors (Lipinski definition) is 3. The summed E-state index contributed by atoms with van der Waals surface area (Å²) in [6.45, 7) is 4.29. The van der Waals surface area contributed by atoms with Crippen LogP contribution >= 0.6 is 0 Å². The molecular weight excluding hydrogens is 488 g/mol. The van der Waals surface area contributed by atoms with Gasteiger partial charge in [0.2, 0.25) is 5.91 Å². The number of amides is 2. The molecule has 0 bridgehead atoms. The summed E-state index contributed by atoms with van der Waals surface area (Å²) in [5, 5.41) is 20.9. The largest absolute Gasteiger partial charge is 0.444 e. The second-order valence-electron chi connectivity index (χ2n) is 9.80. The molecule has 2 amide bonds. The van der Waals surface area contributed by atoms with E-state index >= 15 is 0 Å². The molecule has 1 aliphatic heterocycles. The van der Waals surface area contributed by atoms with E-state index in [9.17, 15) is 14.7 Å². The number of carbonyl (C=O) groups excluding carboxylic acids is 2. The molecule has 1 aliphatic rings. The van der Waals surface area contributed by atoms with Crippen molar-refractivity contribution in [2.75, 3.05) is 19.8 Å². The predicted molar refractivity (Wildman–Crippen MR) is 142 cm³/mol. The molecule has 3 heterocycles. The Hall–Kier alpha value is -3.54. The van der Waals surface area contributed by atoms with Gasteiger partial charge < -0.3 is 30.5 Å². The molecule has 11 nitrogen and oxygen atoms in total. The molecule has 2 atom stereocenters.